The van der Waals surface area contributed by atoms with Gasteiger partial charge in [0.05, 0.1) is 10.0 Å². The Labute approximate surface area is 571 Å². The van der Waals surface area contributed by atoms with Crippen LogP contribution in [0.5, 0.6) is 69.0 Å². The van der Waals surface area contributed by atoms with Crippen molar-refractivity contribution in [1.29, 1.82) is 0 Å². The van der Waals surface area contributed by atoms with E-state index in [0.717, 1.165) is 73.9 Å². The van der Waals surface area contributed by atoms with Crippen LogP contribution < -0.4 is 56.7 Å². The molecule has 0 saturated heterocycles. The first-order chi connectivity index (χ1) is 47.3. The molecule has 6 heterocycles. The molecular weight excluding hydrogens is 1330 g/mol. The van der Waals surface area contributed by atoms with E-state index in [0.29, 0.717) is 37.0 Å². The van der Waals surface area contributed by atoms with Gasteiger partial charge in [-0.2, -0.15) is 0 Å². The van der Waals surface area contributed by atoms with Gasteiger partial charge in [0, 0.05) is 36.7 Å². The molecule has 7 unspecified atom stereocenters. The standard InChI is InChI=1S/C70H62Cl2N8O19/c1-73-63(89)58-41-23-38(82)24-47(85)53(41)40-17-32(3-6-45(40)83)54-65(91)79-59(68(94)78-58)60(86)34-5-9-49(43(72)18-34)98-52-21-36-20-51(61(52)87)97-48-8-2-28(13-42(48)71)14-44-62(88)75-56(66(92)77-57(36)67(93)76-54)35-15-37(81)22-39(16-35)96-50-19-33(4-7-46(50)84)55(64(90)74-44)80-69(95)99-70-25-29-10-30(26-70)12-31(11-29)27-70/h2-9,13,15-24,29-31,44,54-60,81-87H,10-12,14,25-27H2,1H3,(H,73,89)(H,74,90)(H,75,88)(H,76,93)(H,77,92)(H,78,94)(H,79,91)(H,80,95)/t29?,30?,31?,44?,54?,55?,56?,57?,58-,59?,60?,70?/m1/s1. The molecule has 8 amide bonds. The van der Waals surface area contributed by atoms with Crippen molar-refractivity contribution in [2.75, 3.05) is 7.05 Å². The number of hydrogen-bond acceptors (Lipinski definition) is 19. The third-order valence-electron chi connectivity index (χ3n) is 19.2. The molecular formula is C70H62Cl2N8O19. The van der Waals surface area contributed by atoms with Crippen LogP contribution in [-0.2, 0) is 44.7 Å². The molecule has 6 aliphatic heterocycles. The number of carbonyl (C=O) groups is 8. The van der Waals surface area contributed by atoms with Gasteiger partial charge < -0.3 is 97.2 Å². The fraction of sp³-hybridized carbons (Fsp3) is 0.286. The SMILES string of the molecule is CNC(=O)[C@@H]1NC(=O)C2NC(=O)C(NC(=O)C3NC(=O)C4NC(=O)C(Cc5ccc(c(Cl)c5)Oc5cc3cc(c5O)Oc3ccc(cc3Cl)C2O)NC(=O)C(NC(=O)OC23CC5CC(CC(C5)C2)C3)c2ccc(O)c(c2)Oc2cc(O)cc4c2)c2ccc(O)c(c2)-c2c(O)cc(O)cc21. The summed E-state index contributed by atoms with van der Waals surface area (Å²) in [6.45, 7) is 0. The molecule has 4 saturated carbocycles. The minimum Gasteiger partial charge on any atom is -0.508 e. The highest BCUT2D eigenvalue weighted by molar-refractivity contribution is 6.32. The Hall–Kier alpha value is -11.2. The van der Waals surface area contributed by atoms with Gasteiger partial charge in [-0.05, 0) is 174 Å². The molecule has 510 valence electrons. The first-order valence-corrected chi connectivity index (χ1v) is 32.3. The summed E-state index contributed by atoms with van der Waals surface area (Å²) in [4.78, 5) is 121. The Kier molecular flexibility index (Phi) is 16.7. The lowest BCUT2D eigenvalue weighted by molar-refractivity contribution is -0.137. The Morgan fingerprint density at radius 2 is 1.10 bits per heavy atom. The summed E-state index contributed by atoms with van der Waals surface area (Å²) in [5.41, 5.74) is -2.42. The van der Waals surface area contributed by atoms with Crippen LogP contribution in [0.1, 0.15) is 114 Å². The van der Waals surface area contributed by atoms with Crippen LogP contribution in [0.2, 0.25) is 10.0 Å². The van der Waals surface area contributed by atoms with E-state index in [1.54, 1.807) is 0 Å². The number of alkyl carbamates (subject to hydrolysis) is 1. The third kappa shape index (κ3) is 12.6. The molecule has 7 aromatic rings. The van der Waals surface area contributed by atoms with Gasteiger partial charge in [-0.25, -0.2) is 4.79 Å². The highest BCUT2D eigenvalue weighted by Crippen LogP contribution is 2.57. The molecule has 29 heteroatoms. The third-order valence-corrected chi connectivity index (χ3v) is 19.8. The molecule has 10 aliphatic rings. The number of rotatable bonds is 3. The molecule has 21 bridgehead atoms. The average Bonchev–Trinajstić information content (AvgIpc) is 0.758. The summed E-state index contributed by atoms with van der Waals surface area (Å²) < 4.78 is 25.1. The van der Waals surface area contributed by atoms with Crippen LogP contribution in [-0.4, -0.2) is 108 Å². The van der Waals surface area contributed by atoms with Gasteiger partial charge in [-0.15, -0.1) is 0 Å². The van der Waals surface area contributed by atoms with Crippen LogP contribution in [0.15, 0.2) is 115 Å². The lowest BCUT2D eigenvalue weighted by Crippen LogP contribution is -2.56. The molecule has 99 heavy (non-hydrogen) atoms. The van der Waals surface area contributed by atoms with E-state index in [1.807, 2.05) is 0 Å². The summed E-state index contributed by atoms with van der Waals surface area (Å²) in [6.07, 6.45) is 1.65. The molecule has 27 nitrogen and oxygen atoms in total. The van der Waals surface area contributed by atoms with Crippen molar-refractivity contribution in [3.63, 3.8) is 0 Å². The number of phenols is 6. The minimum absolute atomic E-state index is 0.0496. The number of phenolic OH excluding ortho intramolecular Hbond substituents is 6. The quantitative estimate of drug-likeness (QED) is 0.0820. The van der Waals surface area contributed by atoms with Crippen LogP contribution in [0, 0.1) is 17.8 Å². The Morgan fingerprint density at radius 3 is 1.76 bits per heavy atom. The Morgan fingerprint density at radius 1 is 0.525 bits per heavy atom. The van der Waals surface area contributed by atoms with Crippen LogP contribution in [0.3, 0.4) is 0 Å². The maximum atomic E-state index is 16.0. The van der Waals surface area contributed by atoms with Gasteiger partial charge in [0.1, 0.15) is 94.2 Å². The molecule has 8 atom stereocenters. The zero-order chi connectivity index (χ0) is 69.6. The fourth-order valence-electron chi connectivity index (χ4n) is 15.0. The molecule has 0 aromatic heterocycles. The topological polar surface area (TPSA) is 411 Å². The summed E-state index contributed by atoms with van der Waals surface area (Å²) in [7, 11) is 1.22. The van der Waals surface area contributed by atoms with Gasteiger partial charge in [0.15, 0.2) is 23.0 Å². The molecule has 4 fully saturated rings. The van der Waals surface area contributed by atoms with Crippen molar-refractivity contribution >= 4 is 70.6 Å². The van der Waals surface area contributed by atoms with Crippen LogP contribution in [0.4, 0.5) is 4.79 Å². The fourth-order valence-corrected chi connectivity index (χ4v) is 15.5. The monoisotopic (exact) mass is 1390 g/mol. The van der Waals surface area contributed by atoms with Crippen molar-refractivity contribution in [2.45, 2.75) is 98.9 Å². The average molecular weight is 1390 g/mol. The van der Waals surface area contributed by atoms with Crippen molar-refractivity contribution in [1.82, 2.24) is 42.5 Å². The van der Waals surface area contributed by atoms with Crippen LogP contribution >= 0.6 is 23.2 Å². The van der Waals surface area contributed by atoms with Gasteiger partial charge >= 0.3 is 6.09 Å². The summed E-state index contributed by atoms with van der Waals surface area (Å²) in [6, 6.07) is 8.84. The van der Waals surface area contributed by atoms with Crippen molar-refractivity contribution in [2.24, 2.45) is 17.8 Å². The van der Waals surface area contributed by atoms with E-state index in [9.17, 15) is 50.1 Å². The Bertz CT molecular complexity index is 4570. The molecule has 7 aromatic carbocycles. The second-order valence-corrected chi connectivity index (χ2v) is 26.8. The summed E-state index contributed by atoms with van der Waals surface area (Å²) in [5, 5.41) is 102. The largest absolute Gasteiger partial charge is 0.508 e. The number of aliphatic hydroxyl groups is 1. The first-order valence-electron chi connectivity index (χ1n) is 31.6. The second-order valence-electron chi connectivity index (χ2n) is 26.0. The van der Waals surface area contributed by atoms with Gasteiger partial charge in [-0.3, -0.25) is 33.6 Å². The van der Waals surface area contributed by atoms with E-state index < -0.39 is 154 Å². The van der Waals surface area contributed by atoms with Gasteiger partial charge in [0.25, 0.3) is 0 Å². The second kappa shape index (κ2) is 25.4. The van der Waals surface area contributed by atoms with E-state index in [1.165, 1.54) is 67.7 Å². The predicted molar refractivity (Wildman–Crippen MR) is 348 cm³/mol. The lowest BCUT2D eigenvalue weighted by atomic mass is 9.54. The molecule has 17 rings (SSSR count). The minimum atomic E-state index is -2.19. The normalized spacial score (nSPS) is 26.0. The molecule has 0 spiro atoms. The summed E-state index contributed by atoms with van der Waals surface area (Å²) >= 11 is 13.9. The Balaban J connectivity index is 0.922. The molecule has 0 radical (unpaired) electrons. The van der Waals surface area contributed by atoms with Crippen molar-refractivity contribution in [3.8, 4) is 80.1 Å². The van der Waals surface area contributed by atoms with E-state index in [2.05, 4.69) is 42.5 Å². The number of hydrogen-bond donors (Lipinski definition) is 15. The van der Waals surface area contributed by atoms with Gasteiger partial charge in [0.2, 0.25) is 47.1 Å². The predicted octanol–water partition coefficient (Wildman–Crippen LogP) is 7.38. The maximum Gasteiger partial charge on any atom is 0.408 e. The number of carbonyl (C=O) groups excluding carboxylic acids is 8. The number of amides is 8. The zero-order valence-electron chi connectivity index (χ0n) is 52.1. The molecule has 4 aliphatic carbocycles. The molecule has 15 N–H and O–H groups in total. The highest BCUT2D eigenvalue weighted by atomic mass is 35.5. The number of ether oxygens (including phenoxy) is 4. The zero-order valence-corrected chi connectivity index (χ0v) is 53.6. The van der Waals surface area contributed by atoms with E-state index >= 15 is 24.0 Å². The number of fused-ring (bicyclic) bond motifs is 14. The van der Waals surface area contributed by atoms with Gasteiger partial charge in [-0.1, -0.05) is 47.5 Å². The highest BCUT2D eigenvalue weighted by Gasteiger charge is 2.54. The number of aromatic hydroxyl groups is 6. The lowest BCUT2D eigenvalue weighted by Gasteiger charge is -2.55. The smallest absolute Gasteiger partial charge is 0.408 e. The summed E-state index contributed by atoms with van der Waals surface area (Å²) in [5.74, 6) is -12.8. The van der Waals surface area contributed by atoms with E-state index in [-0.39, 0.29) is 83.1 Å². The number of aliphatic hydroxyl groups excluding tert-OH is 1. The number of nitrogens with one attached hydrogen (secondary N) is 8. The maximum absolute atomic E-state index is 16.0. The van der Waals surface area contributed by atoms with Crippen molar-refractivity contribution in [3.05, 3.63) is 164 Å². The number of halogens is 2. The van der Waals surface area contributed by atoms with E-state index in [4.69, 9.17) is 42.1 Å². The number of benzene rings is 7. The number of likely N-dealkylation sites (N-methyl/N-ethyl adjacent to an activating group) is 1. The van der Waals surface area contributed by atoms with Crippen molar-refractivity contribution < 1.29 is 93.0 Å². The first kappa shape index (κ1) is 65.1. The van der Waals surface area contributed by atoms with Crippen LogP contribution in [0.25, 0.3) is 11.1 Å².